The highest BCUT2D eigenvalue weighted by Crippen LogP contribution is 2.33. The summed E-state index contributed by atoms with van der Waals surface area (Å²) >= 11 is 1.15. The Morgan fingerprint density at radius 1 is 1.36 bits per heavy atom. The summed E-state index contributed by atoms with van der Waals surface area (Å²) in [6.45, 7) is 0. The van der Waals surface area contributed by atoms with E-state index in [1.807, 2.05) is 0 Å². The average molecular weight is 251 g/mol. The summed E-state index contributed by atoms with van der Waals surface area (Å²) in [6, 6.07) is 4.38. The van der Waals surface area contributed by atoms with E-state index in [0.717, 1.165) is 11.3 Å². The van der Waals surface area contributed by atoms with Gasteiger partial charge in [0.1, 0.15) is 10.7 Å². The summed E-state index contributed by atoms with van der Waals surface area (Å²) in [5.74, 6) is -0.567. The van der Waals surface area contributed by atoms with E-state index < -0.39 is 14.9 Å². The van der Waals surface area contributed by atoms with E-state index in [9.17, 15) is 12.8 Å². The number of halogens is 2. The van der Waals surface area contributed by atoms with E-state index in [4.69, 9.17) is 10.7 Å². The first-order chi connectivity index (χ1) is 6.50. The molecule has 0 aliphatic rings. The molecule has 6 heteroatoms. The fraction of sp³-hybridized carbons (Fsp3) is 0. The predicted octanol–water partition coefficient (Wildman–Crippen LogP) is 2.97. The van der Waals surface area contributed by atoms with Crippen LogP contribution in [0, 0.1) is 5.82 Å². The number of fused-ring (bicyclic) bond motifs is 1. The SMILES string of the molecule is O=S(=O)(Cl)c1csc2cccc(F)c12. The Hall–Kier alpha value is -0.650. The van der Waals surface area contributed by atoms with Crippen LogP contribution in [0.3, 0.4) is 0 Å². The highest BCUT2D eigenvalue weighted by Gasteiger charge is 2.18. The van der Waals surface area contributed by atoms with E-state index in [1.54, 1.807) is 6.07 Å². The number of rotatable bonds is 1. The Morgan fingerprint density at radius 3 is 2.71 bits per heavy atom. The van der Waals surface area contributed by atoms with Gasteiger partial charge in [0.05, 0.1) is 0 Å². The lowest BCUT2D eigenvalue weighted by molar-refractivity contribution is 0.608. The van der Waals surface area contributed by atoms with Crippen molar-refractivity contribution in [1.29, 1.82) is 0 Å². The Balaban J connectivity index is 2.94. The molecule has 0 atom stereocenters. The van der Waals surface area contributed by atoms with E-state index in [0.29, 0.717) is 4.70 Å². The minimum atomic E-state index is -3.87. The largest absolute Gasteiger partial charge is 0.262 e. The molecule has 0 saturated heterocycles. The van der Waals surface area contributed by atoms with Crippen molar-refractivity contribution in [1.82, 2.24) is 0 Å². The lowest BCUT2D eigenvalue weighted by Gasteiger charge is -1.94. The Morgan fingerprint density at radius 2 is 2.07 bits per heavy atom. The number of hydrogen-bond donors (Lipinski definition) is 0. The van der Waals surface area contributed by atoms with Crippen LogP contribution >= 0.6 is 22.0 Å². The van der Waals surface area contributed by atoms with Crippen LogP contribution in [-0.4, -0.2) is 8.42 Å². The van der Waals surface area contributed by atoms with Crippen LogP contribution in [0.2, 0.25) is 0 Å². The van der Waals surface area contributed by atoms with Crippen molar-refractivity contribution in [3.8, 4) is 0 Å². The van der Waals surface area contributed by atoms with Crippen LogP contribution < -0.4 is 0 Å². The molecule has 2 rings (SSSR count). The summed E-state index contributed by atoms with van der Waals surface area (Å²) in [7, 11) is 1.30. The minimum Gasteiger partial charge on any atom is -0.207 e. The smallest absolute Gasteiger partial charge is 0.207 e. The maximum absolute atomic E-state index is 13.3. The molecule has 0 aliphatic heterocycles. The fourth-order valence-corrected chi connectivity index (χ4v) is 3.71. The zero-order valence-electron chi connectivity index (χ0n) is 6.70. The molecule has 0 aliphatic carbocycles. The molecule has 0 N–H and O–H groups in total. The molecule has 74 valence electrons. The van der Waals surface area contributed by atoms with Gasteiger partial charge in [-0.15, -0.1) is 11.3 Å². The van der Waals surface area contributed by atoms with Gasteiger partial charge in [-0.25, -0.2) is 12.8 Å². The van der Waals surface area contributed by atoms with Gasteiger partial charge >= 0.3 is 0 Å². The fourth-order valence-electron chi connectivity index (χ4n) is 1.20. The second-order valence-electron chi connectivity index (χ2n) is 2.65. The molecular formula is C8H4ClFO2S2. The van der Waals surface area contributed by atoms with Gasteiger partial charge in [0.25, 0.3) is 9.05 Å². The molecule has 0 amide bonds. The third-order valence-electron chi connectivity index (χ3n) is 1.78. The standard InChI is InChI=1S/C8H4ClFO2S2/c9-14(11,12)7-4-13-6-3-1-2-5(10)8(6)7/h1-4H. The lowest BCUT2D eigenvalue weighted by Crippen LogP contribution is -1.89. The molecule has 0 radical (unpaired) electrons. The molecule has 1 aromatic carbocycles. The molecule has 1 aromatic heterocycles. The highest BCUT2D eigenvalue weighted by atomic mass is 35.7. The zero-order chi connectivity index (χ0) is 10.3. The van der Waals surface area contributed by atoms with Crippen molar-refractivity contribution in [2.45, 2.75) is 4.90 Å². The summed E-state index contributed by atoms with van der Waals surface area (Å²) in [4.78, 5) is -0.155. The van der Waals surface area contributed by atoms with Gasteiger partial charge in [0, 0.05) is 26.1 Å². The molecular weight excluding hydrogens is 247 g/mol. The van der Waals surface area contributed by atoms with Crippen LogP contribution in [0.5, 0.6) is 0 Å². The third kappa shape index (κ3) is 1.51. The normalized spacial score (nSPS) is 12.1. The summed E-state index contributed by atoms with van der Waals surface area (Å²) in [5, 5.41) is 1.42. The van der Waals surface area contributed by atoms with Crippen molar-refractivity contribution in [3.05, 3.63) is 29.4 Å². The quantitative estimate of drug-likeness (QED) is 0.730. The first-order valence-corrected chi connectivity index (χ1v) is 6.79. The van der Waals surface area contributed by atoms with Gasteiger partial charge in [-0.3, -0.25) is 0 Å². The first kappa shape index (κ1) is 9.89. The summed E-state index contributed by atoms with van der Waals surface area (Å²) in [6.07, 6.45) is 0. The van der Waals surface area contributed by atoms with Crippen LogP contribution in [-0.2, 0) is 9.05 Å². The molecule has 0 spiro atoms. The van der Waals surface area contributed by atoms with Crippen molar-refractivity contribution in [3.63, 3.8) is 0 Å². The zero-order valence-corrected chi connectivity index (χ0v) is 9.09. The van der Waals surface area contributed by atoms with E-state index in [1.165, 1.54) is 17.5 Å². The van der Waals surface area contributed by atoms with E-state index in [2.05, 4.69) is 0 Å². The average Bonchev–Trinajstić information content (AvgIpc) is 2.47. The van der Waals surface area contributed by atoms with Crippen LogP contribution in [0.15, 0.2) is 28.5 Å². The van der Waals surface area contributed by atoms with Crippen LogP contribution in [0.1, 0.15) is 0 Å². The van der Waals surface area contributed by atoms with Gasteiger partial charge < -0.3 is 0 Å². The summed E-state index contributed by atoms with van der Waals surface area (Å²) < 4.78 is 36.0. The second kappa shape index (κ2) is 3.18. The van der Waals surface area contributed by atoms with Crippen LogP contribution in [0.4, 0.5) is 4.39 Å². The van der Waals surface area contributed by atoms with Crippen molar-refractivity contribution < 1.29 is 12.8 Å². The molecule has 1 heterocycles. The van der Waals surface area contributed by atoms with Crippen molar-refractivity contribution in [2.75, 3.05) is 0 Å². The maximum Gasteiger partial charge on any atom is 0.262 e. The topological polar surface area (TPSA) is 34.1 Å². The molecule has 2 aromatic rings. The maximum atomic E-state index is 13.3. The monoisotopic (exact) mass is 250 g/mol. The molecule has 2 nitrogen and oxygen atoms in total. The predicted molar refractivity (Wildman–Crippen MR) is 54.8 cm³/mol. The van der Waals surface area contributed by atoms with Gasteiger partial charge in [0.2, 0.25) is 0 Å². The molecule has 0 saturated carbocycles. The number of thiophene rings is 1. The third-order valence-corrected chi connectivity index (χ3v) is 4.22. The molecule has 14 heavy (non-hydrogen) atoms. The number of hydrogen-bond acceptors (Lipinski definition) is 3. The molecule has 0 bridgehead atoms. The van der Waals surface area contributed by atoms with Gasteiger partial charge in [-0.1, -0.05) is 6.07 Å². The summed E-state index contributed by atoms with van der Waals surface area (Å²) in [5.41, 5.74) is 0. The Bertz CT molecular complexity index is 588. The Kier molecular flexibility index (Phi) is 2.25. The van der Waals surface area contributed by atoms with Crippen LogP contribution in [0.25, 0.3) is 10.1 Å². The van der Waals surface area contributed by atoms with E-state index >= 15 is 0 Å². The molecule has 0 fully saturated rings. The van der Waals surface area contributed by atoms with Gasteiger partial charge in [-0.2, -0.15) is 0 Å². The highest BCUT2D eigenvalue weighted by molar-refractivity contribution is 8.14. The molecule has 0 unspecified atom stereocenters. The Labute approximate surface area is 88.4 Å². The minimum absolute atomic E-state index is 0.0764. The lowest BCUT2D eigenvalue weighted by atomic mass is 10.2. The van der Waals surface area contributed by atoms with E-state index in [-0.39, 0.29) is 10.3 Å². The van der Waals surface area contributed by atoms with Crippen molar-refractivity contribution in [2.24, 2.45) is 0 Å². The van der Waals surface area contributed by atoms with Gasteiger partial charge in [-0.05, 0) is 12.1 Å². The number of benzene rings is 1. The second-order valence-corrected chi connectivity index (χ2v) is 6.10. The van der Waals surface area contributed by atoms with Gasteiger partial charge in [0.15, 0.2) is 0 Å². The first-order valence-electron chi connectivity index (χ1n) is 3.60. The van der Waals surface area contributed by atoms with Crippen molar-refractivity contribution >= 4 is 41.2 Å².